The smallest absolute Gasteiger partial charge is 0.322 e. The van der Waals surface area contributed by atoms with Crippen LogP contribution in [-0.4, -0.2) is 56.3 Å². The number of urea groups is 1. The molecule has 1 atom stereocenters. The van der Waals surface area contributed by atoms with E-state index in [0.29, 0.717) is 18.0 Å². The number of nitrogens with one attached hydrogen (secondary N) is 2. The molecule has 7 nitrogen and oxygen atoms in total. The van der Waals surface area contributed by atoms with Gasteiger partial charge < -0.3 is 15.3 Å². The van der Waals surface area contributed by atoms with Crippen molar-refractivity contribution in [1.82, 2.24) is 15.1 Å². The molecule has 1 aromatic heterocycles. The van der Waals surface area contributed by atoms with Crippen molar-refractivity contribution in [3.8, 4) is 0 Å². The molecule has 18 heavy (non-hydrogen) atoms. The molecule has 0 aromatic carbocycles. The normalized spacial score (nSPS) is 19.6. The van der Waals surface area contributed by atoms with Crippen LogP contribution in [0.4, 0.5) is 10.5 Å². The molecular formula is C10H14N4O3S. The predicted octanol–water partition coefficient (Wildman–Crippen LogP) is 0.834. The van der Waals surface area contributed by atoms with Crippen molar-refractivity contribution in [3.05, 3.63) is 12.4 Å². The molecule has 2 amide bonds. The van der Waals surface area contributed by atoms with Crippen molar-refractivity contribution in [3.63, 3.8) is 0 Å². The van der Waals surface area contributed by atoms with Gasteiger partial charge in [0.25, 0.3) is 0 Å². The van der Waals surface area contributed by atoms with Crippen molar-refractivity contribution in [2.75, 3.05) is 23.4 Å². The molecule has 0 bridgehead atoms. The van der Waals surface area contributed by atoms with E-state index in [9.17, 15) is 9.59 Å². The minimum Gasteiger partial charge on any atom is -0.481 e. The summed E-state index contributed by atoms with van der Waals surface area (Å²) >= 11 is 1.67. The van der Waals surface area contributed by atoms with Crippen LogP contribution in [0.5, 0.6) is 0 Å². The Labute approximate surface area is 108 Å². The lowest BCUT2D eigenvalue weighted by Crippen LogP contribution is -2.48. The summed E-state index contributed by atoms with van der Waals surface area (Å²) in [5, 5.41) is 17.9. The van der Waals surface area contributed by atoms with E-state index in [1.807, 2.05) is 0 Å². The number of anilines is 1. The van der Waals surface area contributed by atoms with Crippen LogP contribution in [0.25, 0.3) is 0 Å². The van der Waals surface area contributed by atoms with Gasteiger partial charge in [-0.15, -0.1) is 0 Å². The minimum atomic E-state index is -0.886. The van der Waals surface area contributed by atoms with Gasteiger partial charge in [-0.25, -0.2) is 4.79 Å². The van der Waals surface area contributed by atoms with Gasteiger partial charge in [-0.1, -0.05) is 0 Å². The van der Waals surface area contributed by atoms with Gasteiger partial charge in [-0.3, -0.25) is 9.89 Å². The third-order valence-electron chi connectivity index (χ3n) is 2.65. The molecule has 0 spiro atoms. The summed E-state index contributed by atoms with van der Waals surface area (Å²) in [6.45, 7) is 0.562. The van der Waals surface area contributed by atoms with E-state index in [4.69, 9.17) is 5.11 Å². The number of aromatic amines is 1. The number of thioether (sulfide) groups is 1. The van der Waals surface area contributed by atoms with E-state index < -0.39 is 5.97 Å². The highest BCUT2D eigenvalue weighted by molar-refractivity contribution is 7.99. The van der Waals surface area contributed by atoms with Gasteiger partial charge in [0.1, 0.15) is 0 Å². The van der Waals surface area contributed by atoms with Crippen molar-refractivity contribution >= 4 is 29.4 Å². The number of amides is 2. The maximum absolute atomic E-state index is 12.0. The van der Waals surface area contributed by atoms with Crippen molar-refractivity contribution in [1.29, 1.82) is 0 Å². The van der Waals surface area contributed by atoms with Crippen molar-refractivity contribution in [2.45, 2.75) is 12.5 Å². The molecule has 1 fully saturated rings. The van der Waals surface area contributed by atoms with Crippen LogP contribution in [0, 0.1) is 0 Å². The Morgan fingerprint density at radius 1 is 1.67 bits per heavy atom. The minimum absolute atomic E-state index is 0.0220. The van der Waals surface area contributed by atoms with Crippen molar-refractivity contribution in [2.24, 2.45) is 0 Å². The number of carboxylic acid groups (broad SMARTS) is 1. The van der Waals surface area contributed by atoms with Crippen LogP contribution in [0.15, 0.2) is 12.4 Å². The largest absolute Gasteiger partial charge is 0.481 e. The van der Waals surface area contributed by atoms with Gasteiger partial charge >= 0.3 is 12.0 Å². The highest BCUT2D eigenvalue weighted by Crippen LogP contribution is 2.20. The zero-order valence-electron chi connectivity index (χ0n) is 9.63. The Kier molecular flexibility index (Phi) is 4.08. The van der Waals surface area contributed by atoms with Gasteiger partial charge in [0.05, 0.1) is 24.3 Å². The second kappa shape index (κ2) is 5.76. The zero-order valence-corrected chi connectivity index (χ0v) is 10.4. The second-order valence-corrected chi connectivity index (χ2v) is 5.09. The predicted molar refractivity (Wildman–Crippen MR) is 67.7 cm³/mol. The molecule has 1 aliphatic heterocycles. The number of carbonyl (C=O) groups excluding carboxylic acids is 1. The number of carbonyl (C=O) groups is 2. The molecule has 2 rings (SSSR count). The lowest BCUT2D eigenvalue weighted by Gasteiger charge is -2.34. The average molecular weight is 270 g/mol. The summed E-state index contributed by atoms with van der Waals surface area (Å²) in [6, 6.07) is -0.531. The SMILES string of the molecule is O=C(O)CC1CSCCN1C(=O)Nc1cn[nH]c1. The van der Waals surface area contributed by atoms with Crippen LogP contribution < -0.4 is 5.32 Å². The number of aromatic nitrogens is 2. The summed E-state index contributed by atoms with van der Waals surface area (Å²) in [4.78, 5) is 24.4. The summed E-state index contributed by atoms with van der Waals surface area (Å²) < 4.78 is 0. The molecule has 1 saturated heterocycles. The third kappa shape index (κ3) is 3.16. The average Bonchev–Trinajstić information content (AvgIpc) is 2.81. The molecule has 8 heteroatoms. The number of aliphatic carboxylic acids is 1. The maximum Gasteiger partial charge on any atom is 0.322 e. The summed E-state index contributed by atoms with van der Waals surface area (Å²) in [6.07, 6.45) is 3.05. The van der Waals surface area contributed by atoms with Gasteiger partial charge in [-0.2, -0.15) is 16.9 Å². The van der Waals surface area contributed by atoms with Crippen LogP contribution >= 0.6 is 11.8 Å². The molecule has 1 unspecified atom stereocenters. The highest BCUT2D eigenvalue weighted by Gasteiger charge is 2.28. The van der Waals surface area contributed by atoms with E-state index in [2.05, 4.69) is 15.5 Å². The fraction of sp³-hybridized carbons (Fsp3) is 0.500. The van der Waals surface area contributed by atoms with E-state index in [0.717, 1.165) is 5.75 Å². The number of H-pyrrole nitrogens is 1. The Morgan fingerprint density at radius 2 is 2.50 bits per heavy atom. The van der Waals surface area contributed by atoms with E-state index >= 15 is 0 Å². The maximum atomic E-state index is 12.0. The number of nitrogens with zero attached hydrogens (tertiary/aromatic N) is 2. The first-order chi connectivity index (χ1) is 8.66. The van der Waals surface area contributed by atoms with Gasteiger partial charge in [0.15, 0.2) is 0 Å². The molecule has 2 heterocycles. The number of rotatable bonds is 3. The third-order valence-corrected chi connectivity index (χ3v) is 3.74. The zero-order chi connectivity index (χ0) is 13.0. The molecule has 1 aliphatic rings. The molecule has 0 radical (unpaired) electrons. The van der Waals surface area contributed by atoms with E-state index in [-0.39, 0.29) is 18.5 Å². The van der Waals surface area contributed by atoms with E-state index in [1.165, 1.54) is 6.20 Å². The first-order valence-corrected chi connectivity index (χ1v) is 6.68. The quantitative estimate of drug-likeness (QED) is 0.755. The fourth-order valence-electron chi connectivity index (χ4n) is 1.81. The van der Waals surface area contributed by atoms with Gasteiger partial charge in [0.2, 0.25) is 0 Å². The van der Waals surface area contributed by atoms with Crippen molar-refractivity contribution < 1.29 is 14.7 Å². The van der Waals surface area contributed by atoms with Crippen LogP contribution in [0.2, 0.25) is 0 Å². The molecular weight excluding hydrogens is 256 g/mol. The van der Waals surface area contributed by atoms with E-state index in [1.54, 1.807) is 22.9 Å². The first-order valence-electron chi connectivity index (χ1n) is 5.53. The monoisotopic (exact) mass is 270 g/mol. The topological polar surface area (TPSA) is 98.3 Å². The Bertz CT molecular complexity index is 423. The number of hydrogen-bond donors (Lipinski definition) is 3. The van der Waals surface area contributed by atoms with Gasteiger partial charge in [-0.05, 0) is 0 Å². The number of hydrogen-bond acceptors (Lipinski definition) is 4. The Balaban J connectivity index is 1.99. The summed E-state index contributed by atoms with van der Waals surface area (Å²) in [5.74, 6) is 0.601. The van der Waals surface area contributed by atoms with Gasteiger partial charge in [0, 0.05) is 24.2 Å². The molecule has 3 N–H and O–H groups in total. The summed E-state index contributed by atoms with van der Waals surface area (Å²) in [5.41, 5.74) is 0.576. The van der Waals surface area contributed by atoms with Crippen LogP contribution in [0.1, 0.15) is 6.42 Å². The molecule has 0 aliphatic carbocycles. The molecule has 1 aromatic rings. The molecule has 98 valence electrons. The fourth-order valence-corrected chi connectivity index (χ4v) is 2.87. The second-order valence-electron chi connectivity index (χ2n) is 3.94. The lowest BCUT2D eigenvalue weighted by atomic mass is 10.2. The van der Waals surface area contributed by atoms with Crippen LogP contribution in [-0.2, 0) is 4.79 Å². The highest BCUT2D eigenvalue weighted by atomic mass is 32.2. The Hall–Kier alpha value is -1.70. The van der Waals surface area contributed by atoms with Crippen LogP contribution in [0.3, 0.4) is 0 Å². The standard InChI is InChI=1S/C10H14N4O3S/c15-9(16)3-8-6-18-2-1-14(8)10(17)13-7-4-11-12-5-7/h4-5,8H,1-3,6H2,(H,11,12)(H,13,17)(H,15,16). The first kappa shape index (κ1) is 12.7. The lowest BCUT2D eigenvalue weighted by molar-refractivity contribution is -0.137. The summed E-state index contributed by atoms with van der Waals surface area (Å²) in [7, 11) is 0. The molecule has 0 saturated carbocycles. The Morgan fingerprint density at radius 3 is 3.17 bits per heavy atom. The number of carboxylic acids is 1.